The first-order chi connectivity index (χ1) is 9.47. The second-order valence-corrected chi connectivity index (χ2v) is 5.27. The van der Waals surface area contributed by atoms with Crippen LogP contribution in [0, 0.1) is 15.5 Å². The highest BCUT2D eigenvalue weighted by atomic mass is 16.6. The number of pyridine rings is 1. The average molecular weight is 278 g/mol. The van der Waals surface area contributed by atoms with Crippen LogP contribution >= 0.6 is 0 Å². The Kier molecular flexibility index (Phi) is 3.87. The van der Waals surface area contributed by atoms with Crippen LogP contribution in [0.5, 0.6) is 0 Å². The molecule has 20 heavy (non-hydrogen) atoms. The van der Waals surface area contributed by atoms with Crippen molar-refractivity contribution >= 4 is 17.4 Å². The van der Waals surface area contributed by atoms with Crippen LogP contribution in [0.15, 0.2) is 12.3 Å². The molecule has 108 valence electrons. The summed E-state index contributed by atoms with van der Waals surface area (Å²) in [4.78, 5) is 26.1. The van der Waals surface area contributed by atoms with Crippen LogP contribution in [0.4, 0.5) is 11.5 Å². The molecule has 1 aromatic rings. The van der Waals surface area contributed by atoms with Gasteiger partial charge in [0.15, 0.2) is 0 Å². The van der Waals surface area contributed by atoms with E-state index in [4.69, 9.17) is 5.73 Å². The molecule has 1 amide bonds. The van der Waals surface area contributed by atoms with Crippen LogP contribution in [0.25, 0.3) is 0 Å². The number of rotatable bonds is 5. The van der Waals surface area contributed by atoms with Crippen LogP contribution in [0.3, 0.4) is 0 Å². The molecule has 2 rings (SSSR count). The molecular weight excluding hydrogens is 260 g/mol. The number of hydrogen-bond acceptors (Lipinski definition) is 5. The van der Waals surface area contributed by atoms with Gasteiger partial charge in [-0.25, -0.2) is 4.98 Å². The van der Waals surface area contributed by atoms with Crippen LogP contribution in [0.2, 0.25) is 0 Å². The third-order valence-corrected chi connectivity index (χ3v) is 4.13. The fourth-order valence-corrected chi connectivity index (χ4v) is 2.49. The van der Waals surface area contributed by atoms with Crippen molar-refractivity contribution in [1.82, 2.24) is 10.3 Å². The Hall–Kier alpha value is -2.18. The van der Waals surface area contributed by atoms with Gasteiger partial charge >= 0.3 is 0 Å². The van der Waals surface area contributed by atoms with E-state index in [1.807, 2.05) is 0 Å². The first kappa shape index (κ1) is 14.2. The summed E-state index contributed by atoms with van der Waals surface area (Å²) < 4.78 is 0. The van der Waals surface area contributed by atoms with Gasteiger partial charge in [0.05, 0.1) is 4.92 Å². The summed E-state index contributed by atoms with van der Waals surface area (Å²) >= 11 is 0. The number of hydrogen-bond donors (Lipinski definition) is 2. The molecule has 0 spiro atoms. The second-order valence-electron chi connectivity index (χ2n) is 5.27. The van der Waals surface area contributed by atoms with Gasteiger partial charge < -0.3 is 11.1 Å². The van der Waals surface area contributed by atoms with Crippen molar-refractivity contribution in [2.45, 2.75) is 32.6 Å². The molecule has 1 aromatic heterocycles. The largest absolute Gasteiger partial charge is 0.384 e. The Morgan fingerprint density at radius 1 is 1.60 bits per heavy atom. The maximum atomic E-state index is 12.1. The number of nitrogens with one attached hydrogen (secondary N) is 1. The van der Waals surface area contributed by atoms with E-state index in [9.17, 15) is 14.9 Å². The topological polar surface area (TPSA) is 111 Å². The highest BCUT2D eigenvalue weighted by Crippen LogP contribution is 2.43. The monoisotopic (exact) mass is 278 g/mol. The van der Waals surface area contributed by atoms with E-state index in [1.54, 1.807) is 0 Å². The summed E-state index contributed by atoms with van der Waals surface area (Å²) in [6.07, 6.45) is 5.36. The summed E-state index contributed by atoms with van der Waals surface area (Å²) in [5.41, 5.74) is 5.30. The van der Waals surface area contributed by atoms with E-state index in [0.717, 1.165) is 25.5 Å². The van der Waals surface area contributed by atoms with Crippen molar-refractivity contribution in [1.29, 1.82) is 0 Å². The molecule has 1 heterocycles. The molecule has 7 nitrogen and oxygen atoms in total. The first-order valence-corrected chi connectivity index (χ1v) is 6.65. The molecule has 0 unspecified atom stereocenters. The minimum absolute atomic E-state index is 0.0342. The number of nitrogen functional groups attached to an aromatic ring is 1. The maximum Gasteiger partial charge on any atom is 0.300 e. The van der Waals surface area contributed by atoms with Crippen LogP contribution in [0.1, 0.15) is 43.0 Å². The number of nitrogens with zero attached hydrogens (tertiary/aromatic N) is 2. The summed E-state index contributed by atoms with van der Waals surface area (Å²) in [5.74, 6) is -0.375. The predicted molar refractivity (Wildman–Crippen MR) is 74.2 cm³/mol. The van der Waals surface area contributed by atoms with E-state index in [1.165, 1.54) is 12.5 Å². The van der Waals surface area contributed by atoms with Gasteiger partial charge in [-0.05, 0) is 30.7 Å². The molecule has 1 aliphatic carbocycles. The van der Waals surface area contributed by atoms with Crippen LogP contribution in [-0.4, -0.2) is 22.4 Å². The molecule has 0 radical (unpaired) electrons. The van der Waals surface area contributed by atoms with Crippen molar-refractivity contribution in [3.8, 4) is 0 Å². The quantitative estimate of drug-likeness (QED) is 0.631. The van der Waals surface area contributed by atoms with Crippen molar-refractivity contribution in [2.24, 2.45) is 5.41 Å². The number of anilines is 1. The van der Waals surface area contributed by atoms with E-state index >= 15 is 0 Å². The Balaban J connectivity index is 2.12. The molecule has 0 bridgehead atoms. The number of nitro groups is 1. The standard InChI is InChI=1S/C13H18N4O3/c1-2-13(4-3-5-13)8-16-12(18)9-6-11(14)15-7-10(9)17(19)20/h6-7H,2-5,8H2,1H3,(H2,14,15)(H,16,18). The van der Waals surface area contributed by atoms with Gasteiger partial charge in [-0.3, -0.25) is 14.9 Å². The lowest BCUT2D eigenvalue weighted by molar-refractivity contribution is -0.385. The Bertz CT molecular complexity index is 535. The number of carbonyl (C=O) groups is 1. The molecule has 7 heteroatoms. The molecule has 0 aliphatic heterocycles. The molecular formula is C13H18N4O3. The number of carbonyl (C=O) groups excluding carboxylic acids is 1. The zero-order chi connectivity index (χ0) is 14.8. The fraction of sp³-hybridized carbons (Fsp3) is 0.538. The third kappa shape index (κ3) is 2.71. The summed E-state index contributed by atoms with van der Waals surface area (Å²) in [6.45, 7) is 2.64. The summed E-state index contributed by atoms with van der Waals surface area (Å²) in [5, 5.41) is 13.7. The maximum absolute atomic E-state index is 12.1. The van der Waals surface area contributed by atoms with Gasteiger partial charge in [0.2, 0.25) is 0 Å². The van der Waals surface area contributed by atoms with Crippen molar-refractivity contribution < 1.29 is 9.72 Å². The molecule has 1 fully saturated rings. The van der Waals surface area contributed by atoms with Crippen molar-refractivity contribution in [3.63, 3.8) is 0 Å². The number of nitrogens with two attached hydrogens (primary N) is 1. The zero-order valence-electron chi connectivity index (χ0n) is 11.4. The molecule has 1 saturated carbocycles. The predicted octanol–water partition coefficient (Wildman–Crippen LogP) is 1.88. The lowest BCUT2D eigenvalue weighted by Gasteiger charge is -2.41. The molecule has 3 N–H and O–H groups in total. The van der Waals surface area contributed by atoms with Gasteiger partial charge in [0, 0.05) is 6.54 Å². The van der Waals surface area contributed by atoms with E-state index < -0.39 is 10.8 Å². The Morgan fingerprint density at radius 3 is 2.80 bits per heavy atom. The number of aromatic nitrogens is 1. The summed E-state index contributed by atoms with van der Waals surface area (Å²) in [6, 6.07) is 1.24. The van der Waals surface area contributed by atoms with Crippen LogP contribution in [-0.2, 0) is 0 Å². The third-order valence-electron chi connectivity index (χ3n) is 4.13. The molecule has 1 aliphatic rings. The minimum Gasteiger partial charge on any atom is -0.384 e. The van der Waals surface area contributed by atoms with E-state index in [0.29, 0.717) is 6.54 Å². The first-order valence-electron chi connectivity index (χ1n) is 6.65. The van der Waals surface area contributed by atoms with E-state index in [-0.39, 0.29) is 22.5 Å². The Morgan fingerprint density at radius 2 is 2.30 bits per heavy atom. The second kappa shape index (κ2) is 5.44. The molecule has 0 saturated heterocycles. The highest BCUT2D eigenvalue weighted by molar-refractivity contribution is 5.98. The van der Waals surface area contributed by atoms with Gasteiger partial charge in [-0.1, -0.05) is 13.3 Å². The van der Waals surface area contributed by atoms with Gasteiger partial charge in [0.1, 0.15) is 17.6 Å². The van der Waals surface area contributed by atoms with Gasteiger partial charge in [-0.2, -0.15) is 0 Å². The lowest BCUT2D eigenvalue weighted by Crippen LogP contribution is -2.41. The van der Waals surface area contributed by atoms with Gasteiger partial charge in [-0.15, -0.1) is 0 Å². The van der Waals surface area contributed by atoms with Crippen LogP contribution < -0.4 is 11.1 Å². The number of amides is 1. The Labute approximate surface area is 116 Å². The fourth-order valence-electron chi connectivity index (χ4n) is 2.49. The SMILES string of the molecule is CCC1(CNC(=O)c2cc(N)ncc2[N+](=O)[O-])CCC1. The average Bonchev–Trinajstić information content (AvgIpc) is 2.37. The summed E-state index contributed by atoms with van der Waals surface area (Å²) in [7, 11) is 0. The minimum atomic E-state index is -0.625. The molecule has 0 atom stereocenters. The van der Waals surface area contributed by atoms with Gasteiger partial charge in [0.25, 0.3) is 11.6 Å². The highest BCUT2D eigenvalue weighted by Gasteiger charge is 2.35. The smallest absolute Gasteiger partial charge is 0.300 e. The normalized spacial score (nSPS) is 16.2. The van der Waals surface area contributed by atoms with E-state index in [2.05, 4.69) is 17.2 Å². The van der Waals surface area contributed by atoms with Crippen molar-refractivity contribution in [2.75, 3.05) is 12.3 Å². The lowest BCUT2D eigenvalue weighted by atomic mass is 9.67. The zero-order valence-corrected chi connectivity index (χ0v) is 11.4. The molecule has 0 aromatic carbocycles. The van der Waals surface area contributed by atoms with Crippen molar-refractivity contribution in [3.05, 3.63) is 27.9 Å².